The number of anilines is 1. The average Bonchev–Trinajstić information content (AvgIpc) is 2.88. The molecular weight excluding hydrogens is 470 g/mol. The molecule has 9 nitrogen and oxygen atoms in total. The molecule has 0 saturated carbocycles. The summed E-state index contributed by atoms with van der Waals surface area (Å²) in [5.74, 6) is 4.67. The average molecular weight is 500 g/mol. The van der Waals surface area contributed by atoms with Crippen LogP contribution >= 0.6 is 0 Å². The predicted molar refractivity (Wildman–Crippen MR) is 131 cm³/mol. The third-order valence-electron chi connectivity index (χ3n) is 6.14. The van der Waals surface area contributed by atoms with Crippen LogP contribution in [0, 0.1) is 17.3 Å². The Bertz CT molecular complexity index is 1200. The minimum absolute atomic E-state index is 0.0406. The van der Waals surface area contributed by atoms with Gasteiger partial charge in [-0.1, -0.05) is 24.1 Å². The maximum Gasteiger partial charge on any atom is 0.324 e. The molecule has 1 heterocycles. The number of carbonyl (C=O) groups excluding carboxylic acids is 2. The first kappa shape index (κ1) is 26.1. The highest BCUT2D eigenvalue weighted by molar-refractivity contribution is 7.91. The zero-order valence-corrected chi connectivity index (χ0v) is 20.5. The first-order chi connectivity index (χ1) is 16.7. The second-order valence-corrected chi connectivity index (χ2v) is 10.3. The number of nitrogens with zero attached hydrogens (tertiary/aromatic N) is 2. The van der Waals surface area contributed by atoms with Crippen molar-refractivity contribution < 1.29 is 28.0 Å². The van der Waals surface area contributed by atoms with Crippen LogP contribution in [0.25, 0.3) is 0 Å². The van der Waals surface area contributed by atoms with E-state index >= 15 is 0 Å². The lowest BCUT2D eigenvalue weighted by Crippen LogP contribution is -2.54. The molecule has 0 aliphatic carbocycles. The molecule has 1 fully saturated rings. The van der Waals surface area contributed by atoms with Crippen molar-refractivity contribution in [2.75, 3.05) is 37.4 Å². The van der Waals surface area contributed by atoms with Crippen molar-refractivity contribution in [3.8, 4) is 17.6 Å². The van der Waals surface area contributed by atoms with Gasteiger partial charge in [0.15, 0.2) is 9.84 Å². The largest absolute Gasteiger partial charge is 0.481 e. The van der Waals surface area contributed by atoms with Gasteiger partial charge in [-0.3, -0.25) is 14.9 Å². The monoisotopic (exact) mass is 499 g/mol. The third kappa shape index (κ3) is 6.12. The van der Waals surface area contributed by atoms with Gasteiger partial charge < -0.3 is 9.64 Å². The molecule has 2 aromatic rings. The lowest BCUT2D eigenvalue weighted by Gasteiger charge is -2.40. The summed E-state index contributed by atoms with van der Waals surface area (Å²) < 4.78 is 31.8. The molecule has 1 saturated heterocycles. The fourth-order valence-electron chi connectivity index (χ4n) is 4.04. The summed E-state index contributed by atoms with van der Waals surface area (Å²) in [4.78, 5) is 28.7. The van der Waals surface area contributed by atoms with Gasteiger partial charge in [0.05, 0.1) is 16.1 Å². The number of para-hydroxylation sites is 1. The van der Waals surface area contributed by atoms with E-state index in [1.54, 1.807) is 24.4 Å². The molecule has 0 aromatic heterocycles. The minimum atomic E-state index is -3.88. The number of hydrogen-bond acceptors (Lipinski definition) is 6. The lowest BCUT2D eigenvalue weighted by molar-refractivity contribution is -0.140. The molecule has 2 N–H and O–H groups in total. The van der Waals surface area contributed by atoms with Crippen molar-refractivity contribution in [2.24, 2.45) is 5.41 Å². The highest BCUT2D eigenvalue weighted by Gasteiger charge is 2.46. The van der Waals surface area contributed by atoms with Gasteiger partial charge >= 0.3 is 6.03 Å². The Hall–Kier alpha value is -3.55. The van der Waals surface area contributed by atoms with E-state index in [0.29, 0.717) is 5.75 Å². The maximum absolute atomic E-state index is 13.2. The summed E-state index contributed by atoms with van der Waals surface area (Å²) in [7, 11) is -2.22. The number of carbonyl (C=O) groups is 2. The number of hydroxylamine groups is 1. The van der Waals surface area contributed by atoms with Crippen LogP contribution in [0.15, 0.2) is 59.5 Å². The molecule has 2 aromatic carbocycles. The van der Waals surface area contributed by atoms with Gasteiger partial charge in [0.1, 0.15) is 12.4 Å². The molecule has 10 heteroatoms. The van der Waals surface area contributed by atoms with Crippen LogP contribution in [0.1, 0.15) is 19.8 Å². The van der Waals surface area contributed by atoms with Crippen molar-refractivity contribution in [3.05, 3.63) is 54.6 Å². The molecule has 1 aliphatic rings. The number of rotatable bonds is 7. The molecule has 0 radical (unpaired) electrons. The molecular formula is C25H29N3O6S. The Morgan fingerprint density at radius 2 is 1.74 bits per heavy atom. The van der Waals surface area contributed by atoms with Crippen LogP contribution in [-0.2, 0) is 14.6 Å². The fourth-order valence-corrected chi connectivity index (χ4v) is 5.90. The second kappa shape index (κ2) is 11.3. The summed E-state index contributed by atoms with van der Waals surface area (Å²) in [6, 6.07) is 14.8. The number of amides is 3. The molecule has 186 valence electrons. The third-order valence-corrected chi connectivity index (χ3v) is 8.06. The number of sulfone groups is 1. The number of likely N-dealkylation sites (tertiary alicyclic amines) is 1. The van der Waals surface area contributed by atoms with Gasteiger partial charge in [0.2, 0.25) is 0 Å². The number of ether oxygens (including phenoxy) is 1. The minimum Gasteiger partial charge on any atom is -0.481 e. The molecule has 0 atom stereocenters. The predicted octanol–water partition coefficient (Wildman–Crippen LogP) is 2.71. The van der Waals surface area contributed by atoms with Gasteiger partial charge in [-0.05, 0) is 56.2 Å². The summed E-state index contributed by atoms with van der Waals surface area (Å²) >= 11 is 0. The van der Waals surface area contributed by atoms with Crippen molar-refractivity contribution in [3.63, 3.8) is 0 Å². The summed E-state index contributed by atoms with van der Waals surface area (Å²) in [6.45, 7) is 2.23. The molecule has 3 amide bonds. The Morgan fingerprint density at radius 3 is 2.31 bits per heavy atom. The standard InChI is InChI=1S/C25H29N3O6S/c1-3-4-18-34-21-10-12-22(13-11-21)35(32,33)19-25(23(29)26-31)14-16-28(17-15-25)24(30)27(2)20-8-6-5-7-9-20/h5-13,31H,14-19H2,1-2H3,(H,26,29). The van der Waals surface area contributed by atoms with Crippen molar-refractivity contribution in [2.45, 2.75) is 24.7 Å². The summed E-state index contributed by atoms with van der Waals surface area (Å²) in [5.41, 5.74) is 0.978. The van der Waals surface area contributed by atoms with Gasteiger partial charge in [-0.2, -0.15) is 0 Å². The van der Waals surface area contributed by atoms with Crippen LogP contribution in [0.4, 0.5) is 10.5 Å². The molecule has 1 aliphatic heterocycles. The topological polar surface area (TPSA) is 116 Å². The molecule has 3 rings (SSSR count). The van der Waals surface area contributed by atoms with Crippen LogP contribution in [0.2, 0.25) is 0 Å². The number of hydrogen-bond donors (Lipinski definition) is 2. The Labute approximate surface area is 205 Å². The van der Waals surface area contributed by atoms with E-state index in [2.05, 4.69) is 11.8 Å². The normalized spacial score (nSPS) is 14.9. The van der Waals surface area contributed by atoms with Crippen LogP contribution in [0.5, 0.6) is 5.75 Å². The first-order valence-electron chi connectivity index (χ1n) is 11.1. The van der Waals surface area contributed by atoms with Gasteiger partial charge in [-0.25, -0.2) is 18.7 Å². The van der Waals surface area contributed by atoms with Crippen molar-refractivity contribution in [1.82, 2.24) is 10.4 Å². The zero-order chi connectivity index (χ0) is 25.5. The zero-order valence-electron chi connectivity index (χ0n) is 19.7. The number of piperidine rings is 1. The van der Waals surface area contributed by atoms with Crippen LogP contribution in [-0.4, -0.2) is 63.0 Å². The van der Waals surface area contributed by atoms with E-state index in [1.807, 2.05) is 30.3 Å². The number of nitrogens with one attached hydrogen (secondary N) is 1. The molecule has 35 heavy (non-hydrogen) atoms. The Balaban J connectivity index is 1.73. The lowest BCUT2D eigenvalue weighted by atomic mass is 9.79. The molecule has 0 unspecified atom stereocenters. The molecule has 0 bridgehead atoms. The number of urea groups is 1. The van der Waals surface area contributed by atoms with Gasteiger partial charge in [0.25, 0.3) is 5.91 Å². The van der Waals surface area contributed by atoms with E-state index in [9.17, 15) is 23.2 Å². The van der Waals surface area contributed by atoms with Crippen molar-refractivity contribution >= 4 is 27.5 Å². The van der Waals surface area contributed by atoms with E-state index in [1.165, 1.54) is 29.2 Å². The first-order valence-corrected chi connectivity index (χ1v) is 12.7. The SMILES string of the molecule is CC#CCOc1ccc(S(=O)(=O)CC2(C(=O)NO)CCN(C(=O)N(C)c3ccccc3)CC2)cc1. The quantitative estimate of drug-likeness (QED) is 0.344. The molecule has 0 spiro atoms. The smallest absolute Gasteiger partial charge is 0.324 e. The van der Waals surface area contributed by atoms with Crippen molar-refractivity contribution in [1.29, 1.82) is 0 Å². The van der Waals surface area contributed by atoms with E-state index in [0.717, 1.165) is 5.69 Å². The highest BCUT2D eigenvalue weighted by atomic mass is 32.2. The van der Waals surface area contributed by atoms with Crippen LogP contribution < -0.4 is 15.1 Å². The highest BCUT2D eigenvalue weighted by Crippen LogP contribution is 2.36. The number of benzene rings is 2. The second-order valence-electron chi connectivity index (χ2n) is 8.33. The summed E-state index contributed by atoms with van der Waals surface area (Å²) in [6.07, 6.45) is 0.174. The van der Waals surface area contributed by atoms with Gasteiger partial charge in [0, 0.05) is 25.8 Å². The summed E-state index contributed by atoms with van der Waals surface area (Å²) in [5, 5.41) is 9.36. The van der Waals surface area contributed by atoms with E-state index in [-0.39, 0.29) is 43.5 Å². The van der Waals surface area contributed by atoms with Crippen LogP contribution in [0.3, 0.4) is 0 Å². The fraction of sp³-hybridized carbons (Fsp3) is 0.360. The Morgan fingerprint density at radius 1 is 1.11 bits per heavy atom. The maximum atomic E-state index is 13.2. The van der Waals surface area contributed by atoms with E-state index < -0.39 is 26.9 Å². The van der Waals surface area contributed by atoms with E-state index in [4.69, 9.17) is 4.74 Å². The van der Waals surface area contributed by atoms with Gasteiger partial charge in [-0.15, -0.1) is 5.92 Å². The Kier molecular flexibility index (Phi) is 8.38.